The molecular formula is C22H20O4. The third-order valence-corrected chi connectivity index (χ3v) is 3.88. The Hall–Kier alpha value is -3.27. The Labute approximate surface area is 152 Å². The molecule has 0 aromatic heterocycles. The van der Waals surface area contributed by atoms with Crippen molar-refractivity contribution in [2.45, 2.75) is 6.92 Å². The average Bonchev–Trinajstić information content (AvgIpc) is 2.68. The van der Waals surface area contributed by atoms with E-state index in [1.54, 1.807) is 19.1 Å². The maximum Gasteiger partial charge on any atom is 0.344 e. The molecule has 0 saturated heterocycles. The van der Waals surface area contributed by atoms with Crippen molar-refractivity contribution in [1.29, 1.82) is 0 Å². The smallest absolute Gasteiger partial charge is 0.344 e. The fraction of sp³-hybridized carbons (Fsp3) is 0.136. The van der Waals surface area contributed by atoms with Gasteiger partial charge >= 0.3 is 5.97 Å². The molecule has 3 rings (SSSR count). The lowest BCUT2D eigenvalue weighted by Gasteiger charge is -2.17. The number of carbonyl (C=O) groups is 1. The molecule has 0 amide bonds. The zero-order valence-corrected chi connectivity index (χ0v) is 14.5. The van der Waals surface area contributed by atoms with Crippen LogP contribution in [-0.2, 0) is 9.53 Å². The van der Waals surface area contributed by atoms with Gasteiger partial charge in [-0.1, -0.05) is 60.7 Å². The predicted octanol–water partition coefficient (Wildman–Crippen LogP) is 4.67. The number of phenols is 1. The number of phenolic OH excluding ortho intramolecular Hbond substituents is 1. The summed E-state index contributed by atoms with van der Waals surface area (Å²) in [4.78, 5) is 11.8. The van der Waals surface area contributed by atoms with Gasteiger partial charge in [0.25, 0.3) is 0 Å². The van der Waals surface area contributed by atoms with Crippen molar-refractivity contribution in [3.8, 4) is 33.8 Å². The van der Waals surface area contributed by atoms with E-state index in [9.17, 15) is 9.90 Å². The van der Waals surface area contributed by atoms with Crippen molar-refractivity contribution >= 4 is 5.97 Å². The van der Waals surface area contributed by atoms with Crippen LogP contribution >= 0.6 is 0 Å². The molecule has 0 atom stereocenters. The van der Waals surface area contributed by atoms with E-state index in [0.717, 1.165) is 11.1 Å². The van der Waals surface area contributed by atoms with Gasteiger partial charge in [-0.2, -0.15) is 0 Å². The summed E-state index contributed by atoms with van der Waals surface area (Å²) >= 11 is 0. The fourth-order valence-corrected chi connectivity index (χ4v) is 2.77. The molecule has 0 bridgehead atoms. The van der Waals surface area contributed by atoms with Crippen LogP contribution in [0.3, 0.4) is 0 Å². The molecule has 3 aromatic rings. The second kappa shape index (κ2) is 8.21. The van der Waals surface area contributed by atoms with Crippen LogP contribution in [0.1, 0.15) is 6.92 Å². The van der Waals surface area contributed by atoms with E-state index in [1.807, 2.05) is 60.7 Å². The topological polar surface area (TPSA) is 55.8 Å². The van der Waals surface area contributed by atoms with Gasteiger partial charge in [0.1, 0.15) is 11.5 Å². The third-order valence-electron chi connectivity index (χ3n) is 3.88. The van der Waals surface area contributed by atoms with Crippen molar-refractivity contribution in [3.63, 3.8) is 0 Å². The number of esters is 1. The van der Waals surface area contributed by atoms with Crippen molar-refractivity contribution in [2.75, 3.05) is 13.2 Å². The largest absolute Gasteiger partial charge is 0.508 e. The molecule has 0 unspecified atom stereocenters. The van der Waals surface area contributed by atoms with E-state index in [4.69, 9.17) is 9.47 Å². The highest BCUT2D eigenvalue weighted by atomic mass is 16.6. The van der Waals surface area contributed by atoms with Crippen LogP contribution in [0.2, 0.25) is 0 Å². The molecule has 132 valence electrons. The van der Waals surface area contributed by atoms with Crippen LogP contribution < -0.4 is 4.74 Å². The van der Waals surface area contributed by atoms with E-state index in [-0.39, 0.29) is 12.4 Å². The Bertz CT molecular complexity index is 813. The fourth-order valence-electron chi connectivity index (χ4n) is 2.77. The lowest BCUT2D eigenvalue weighted by Crippen LogP contribution is -2.15. The molecule has 1 N–H and O–H groups in total. The minimum Gasteiger partial charge on any atom is -0.508 e. The van der Waals surface area contributed by atoms with Crippen molar-refractivity contribution < 1.29 is 19.4 Å². The monoisotopic (exact) mass is 348 g/mol. The summed E-state index contributed by atoms with van der Waals surface area (Å²) < 4.78 is 10.8. The van der Waals surface area contributed by atoms with E-state index in [1.165, 1.54) is 0 Å². The van der Waals surface area contributed by atoms with Crippen molar-refractivity contribution in [2.24, 2.45) is 0 Å². The molecule has 0 aliphatic carbocycles. The molecule has 0 radical (unpaired) electrons. The first-order valence-corrected chi connectivity index (χ1v) is 8.45. The summed E-state index contributed by atoms with van der Waals surface area (Å²) in [6, 6.07) is 22.5. The molecule has 26 heavy (non-hydrogen) atoms. The van der Waals surface area contributed by atoms with E-state index in [2.05, 4.69) is 0 Å². The molecule has 0 aliphatic heterocycles. The standard InChI is InChI=1S/C22H20O4/c1-2-25-21(24)15-26-22-19(16-9-5-3-6-10-16)13-18(23)14-20(22)17-11-7-4-8-12-17/h3-14,23H,2,15H2,1H3. The highest BCUT2D eigenvalue weighted by Gasteiger charge is 2.17. The first-order chi connectivity index (χ1) is 12.7. The van der Waals surface area contributed by atoms with Gasteiger partial charge in [-0.15, -0.1) is 0 Å². The molecule has 3 aromatic carbocycles. The molecule has 4 heteroatoms. The summed E-state index contributed by atoms with van der Waals surface area (Å²) in [5.41, 5.74) is 3.21. The van der Waals surface area contributed by atoms with Gasteiger partial charge < -0.3 is 14.6 Å². The van der Waals surface area contributed by atoms with Crippen LogP contribution in [0, 0.1) is 0 Å². The molecule has 0 saturated carbocycles. The lowest BCUT2D eigenvalue weighted by molar-refractivity contribution is -0.145. The Morgan fingerprint density at radius 2 is 1.38 bits per heavy atom. The number of ether oxygens (including phenoxy) is 2. The van der Waals surface area contributed by atoms with Gasteiger partial charge in [-0.25, -0.2) is 4.79 Å². The number of benzene rings is 3. The summed E-state index contributed by atoms with van der Waals surface area (Å²) in [5.74, 6) is 0.234. The van der Waals surface area contributed by atoms with Gasteiger partial charge in [0.05, 0.1) is 6.61 Å². The molecular weight excluding hydrogens is 328 g/mol. The summed E-state index contributed by atoms with van der Waals surface area (Å²) in [6.45, 7) is 1.86. The van der Waals surface area contributed by atoms with E-state index < -0.39 is 5.97 Å². The highest BCUT2D eigenvalue weighted by Crippen LogP contribution is 2.42. The Morgan fingerprint density at radius 1 is 0.885 bits per heavy atom. The normalized spacial score (nSPS) is 10.3. The number of aromatic hydroxyl groups is 1. The zero-order valence-electron chi connectivity index (χ0n) is 14.5. The van der Waals surface area contributed by atoms with Crippen molar-refractivity contribution in [1.82, 2.24) is 0 Å². The Kier molecular flexibility index (Phi) is 5.54. The van der Waals surface area contributed by atoms with Crippen molar-refractivity contribution in [3.05, 3.63) is 72.8 Å². The predicted molar refractivity (Wildman–Crippen MR) is 101 cm³/mol. The summed E-state index contributed by atoms with van der Waals surface area (Å²) in [6.07, 6.45) is 0. The lowest BCUT2D eigenvalue weighted by atomic mass is 9.96. The third kappa shape index (κ3) is 4.03. The first kappa shape index (κ1) is 17.5. The quantitative estimate of drug-likeness (QED) is 0.658. The Balaban J connectivity index is 2.11. The number of carbonyl (C=O) groups excluding carboxylic acids is 1. The highest BCUT2D eigenvalue weighted by molar-refractivity contribution is 5.84. The van der Waals surface area contributed by atoms with E-state index in [0.29, 0.717) is 23.5 Å². The Morgan fingerprint density at radius 3 is 1.85 bits per heavy atom. The van der Waals surface area contributed by atoms with Crippen LogP contribution in [0.25, 0.3) is 22.3 Å². The van der Waals surface area contributed by atoms with Crippen LogP contribution in [0.4, 0.5) is 0 Å². The van der Waals surface area contributed by atoms with Gasteiger partial charge in [0.2, 0.25) is 0 Å². The van der Waals surface area contributed by atoms with Crippen LogP contribution in [0.5, 0.6) is 11.5 Å². The maximum absolute atomic E-state index is 11.8. The second-order valence-electron chi connectivity index (χ2n) is 5.70. The van der Waals surface area contributed by atoms with Gasteiger partial charge in [-0.05, 0) is 30.2 Å². The number of hydrogen-bond donors (Lipinski definition) is 1. The second-order valence-corrected chi connectivity index (χ2v) is 5.70. The average molecular weight is 348 g/mol. The summed E-state index contributed by atoms with van der Waals surface area (Å²) in [5, 5.41) is 10.3. The molecule has 0 fully saturated rings. The molecule has 4 nitrogen and oxygen atoms in total. The first-order valence-electron chi connectivity index (χ1n) is 8.45. The minimum absolute atomic E-state index is 0.131. The van der Waals surface area contributed by atoms with Gasteiger partial charge in [0.15, 0.2) is 6.61 Å². The van der Waals surface area contributed by atoms with Gasteiger partial charge in [0, 0.05) is 11.1 Å². The van der Waals surface area contributed by atoms with Crippen LogP contribution in [0.15, 0.2) is 72.8 Å². The van der Waals surface area contributed by atoms with Crippen LogP contribution in [-0.4, -0.2) is 24.3 Å². The van der Waals surface area contributed by atoms with Gasteiger partial charge in [-0.3, -0.25) is 0 Å². The van der Waals surface area contributed by atoms with E-state index >= 15 is 0 Å². The number of rotatable bonds is 6. The zero-order chi connectivity index (χ0) is 18.4. The SMILES string of the molecule is CCOC(=O)COc1c(-c2ccccc2)cc(O)cc1-c1ccccc1. The number of hydrogen-bond acceptors (Lipinski definition) is 4. The maximum atomic E-state index is 11.8. The molecule has 0 aliphatic rings. The molecule has 0 spiro atoms. The minimum atomic E-state index is -0.432. The summed E-state index contributed by atoms with van der Waals surface area (Å²) in [7, 11) is 0. The molecule has 0 heterocycles.